The molecule has 5 heteroatoms. The van der Waals surface area contributed by atoms with Gasteiger partial charge in [0, 0.05) is 0 Å². The second-order valence-corrected chi connectivity index (χ2v) is 13.9. The van der Waals surface area contributed by atoms with Crippen LogP contribution in [0, 0.1) is 0 Å². The minimum Gasteiger partial charge on any atom is -0.444 e. The predicted octanol–water partition coefficient (Wildman–Crippen LogP) is 5.14. The van der Waals surface area contributed by atoms with Gasteiger partial charge in [-0.2, -0.15) is 0 Å². The van der Waals surface area contributed by atoms with Crippen LogP contribution in [0.15, 0.2) is 30.3 Å². The van der Waals surface area contributed by atoms with Gasteiger partial charge in [-0.15, -0.1) is 0 Å². The van der Waals surface area contributed by atoms with E-state index >= 15 is 0 Å². The van der Waals surface area contributed by atoms with Gasteiger partial charge in [-0.05, 0) is 50.9 Å². The number of hydrogen-bond acceptors (Lipinski definition) is 3. The number of amides is 1. The van der Waals surface area contributed by atoms with E-state index in [1.807, 2.05) is 39.0 Å². The molecule has 1 atom stereocenters. The second kappa shape index (κ2) is 8.36. The van der Waals surface area contributed by atoms with Crippen molar-refractivity contribution in [3.8, 4) is 0 Å². The topological polar surface area (TPSA) is 47.6 Å². The first-order chi connectivity index (χ1) is 11.3. The highest BCUT2D eigenvalue weighted by molar-refractivity contribution is 6.74. The lowest BCUT2D eigenvalue weighted by molar-refractivity contribution is 0.0485. The van der Waals surface area contributed by atoms with Crippen LogP contribution in [-0.4, -0.2) is 32.7 Å². The van der Waals surface area contributed by atoms with Crippen LogP contribution in [0.3, 0.4) is 0 Å². The van der Waals surface area contributed by atoms with Crippen LogP contribution in [-0.2, 0) is 15.6 Å². The van der Waals surface area contributed by atoms with Crippen molar-refractivity contribution in [1.82, 2.24) is 5.32 Å². The number of ether oxygens (including phenoxy) is 1. The Labute approximate surface area is 154 Å². The van der Waals surface area contributed by atoms with E-state index < -0.39 is 20.0 Å². The van der Waals surface area contributed by atoms with Gasteiger partial charge in [0.2, 0.25) is 0 Å². The minimum absolute atomic E-state index is 0.119. The normalized spacial score (nSPS) is 14.1. The van der Waals surface area contributed by atoms with E-state index in [2.05, 4.69) is 51.3 Å². The van der Waals surface area contributed by atoms with Gasteiger partial charge in [0.25, 0.3) is 0 Å². The standard InChI is InChI=1S/C20H35NO3Si/c1-19(2,3)24-18(22)21-17(14-16-12-10-9-11-13-16)15-23-25(7,8)20(4,5)6/h9-13,17H,14-15H2,1-8H3,(H,21,22). The molecule has 142 valence electrons. The average Bonchev–Trinajstić information content (AvgIpc) is 2.42. The molecule has 0 aliphatic heterocycles. The van der Waals surface area contributed by atoms with E-state index in [1.54, 1.807) is 0 Å². The largest absolute Gasteiger partial charge is 0.444 e. The van der Waals surface area contributed by atoms with Crippen molar-refractivity contribution in [2.24, 2.45) is 0 Å². The Kier molecular flexibility index (Phi) is 7.26. The van der Waals surface area contributed by atoms with E-state index in [0.29, 0.717) is 13.0 Å². The summed E-state index contributed by atoms with van der Waals surface area (Å²) < 4.78 is 11.7. The Bertz CT molecular complexity index is 544. The predicted molar refractivity (Wildman–Crippen MR) is 106 cm³/mol. The Morgan fingerprint density at radius 3 is 2.12 bits per heavy atom. The molecule has 4 nitrogen and oxygen atoms in total. The molecular weight excluding hydrogens is 330 g/mol. The smallest absolute Gasteiger partial charge is 0.407 e. The maximum Gasteiger partial charge on any atom is 0.407 e. The Hall–Kier alpha value is -1.33. The first-order valence-corrected chi connectivity index (χ1v) is 11.9. The van der Waals surface area contributed by atoms with Gasteiger partial charge in [0.1, 0.15) is 5.60 Å². The molecular formula is C20H35NO3Si. The lowest BCUT2D eigenvalue weighted by atomic mass is 10.1. The number of nitrogens with one attached hydrogen (secondary N) is 1. The molecule has 0 bridgehead atoms. The molecule has 0 saturated carbocycles. The zero-order valence-electron chi connectivity index (χ0n) is 17.1. The highest BCUT2D eigenvalue weighted by Gasteiger charge is 2.37. The van der Waals surface area contributed by atoms with Gasteiger partial charge >= 0.3 is 6.09 Å². The van der Waals surface area contributed by atoms with E-state index in [1.165, 1.54) is 5.56 Å². The zero-order valence-corrected chi connectivity index (χ0v) is 18.1. The Morgan fingerprint density at radius 2 is 1.64 bits per heavy atom. The molecule has 0 aliphatic carbocycles. The van der Waals surface area contributed by atoms with Crippen molar-refractivity contribution in [2.75, 3.05) is 6.61 Å². The number of alkyl carbamates (subject to hydrolysis) is 1. The number of hydrogen-bond donors (Lipinski definition) is 1. The van der Waals surface area contributed by atoms with Crippen molar-refractivity contribution in [1.29, 1.82) is 0 Å². The first-order valence-electron chi connectivity index (χ1n) is 8.97. The molecule has 0 radical (unpaired) electrons. The van der Waals surface area contributed by atoms with Crippen molar-refractivity contribution in [3.05, 3.63) is 35.9 Å². The quantitative estimate of drug-likeness (QED) is 0.710. The fraction of sp³-hybridized carbons (Fsp3) is 0.650. The van der Waals surface area contributed by atoms with E-state index in [9.17, 15) is 4.79 Å². The summed E-state index contributed by atoms with van der Waals surface area (Å²) in [5.41, 5.74) is 0.657. The number of carbonyl (C=O) groups excluding carboxylic acids is 1. The number of carbonyl (C=O) groups is 1. The van der Waals surface area contributed by atoms with Crippen molar-refractivity contribution >= 4 is 14.4 Å². The fourth-order valence-corrected chi connectivity index (χ4v) is 3.10. The lowest BCUT2D eigenvalue weighted by Crippen LogP contribution is -2.48. The molecule has 0 heterocycles. The lowest BCUT2D eigenvalue weighted by Gasteiger charge is -2.37. The Morgan fingerprint density at radius 1 is 1.08 bits per heavy atom. The average molecular weight is 366 g/mol. The summed E-state index contributed by atoms with van der Waals surface area (Å²) in [6, 6.07) is 10.0. The summed E-state index contributed by atoms with van der Waals surface area (Å²) in [6.45, 7) is 17.2. The molecule has 0 aliphatic rings. The third-order valence-corrected chi connectivity index (χ3v) is 9.00. The second-order valence-electron chi connectivity index (χ2n) is 9.10. The van der Waals surface area contributed by atoms with E-state index in [-0.39, 0.29) is 11.1 Å². The van der Waals surface area contributed by atoms with Crippen LogP contribution in [0.1, 0.15) is 47.1 Å². The van der Waals surface area contributed by atoms with Crippen LogP contribution in [0.5, 0.6) is 0 Å². The van der Waals surface area contributed by atoms with Gasteiger partial charge in [-0.1, -0.05) is 51.1 Å². The van der Waals surface area contributed by atoms with Crippen LogP contribution in [0.25, 0.3) is 0 Å². The molecule has 0 saturated heterocycles. The van der Waals surface area contributed by atoms with E-state index in [0.717, 1.165) is 0 Å². The van der Waals surface area contributed by atoms with Crippen molar-refractivity contribution in [3.63, 3.8) is 0 Å². The third-order valence-electron chi connectivity index (χ3n) is 4.50. The SMILES string of the molecule is CC(C)(C)OC(=O)NC(CO[Si](C)(C)C(C)(C)C)Cc1ccccc1. The summed E-state index contributed by atoms with van der Waals surface area (Å²) in [5, 5.41) is 3.12. The van der Waals surface area contributed by atoms with Crippen molar-refractivity contribution < 1.29 is 14.0 Å². The molecule has 0 fully saturated rings. The first kappa shape index (κ1) is 21.7. The molecule has 0 aromatic heterocycles. The molecule has 1 unspecified atom stereocenters. The van der Waals surface area contributed by atoms with Crippen LogP contribution in [0.4, 0.5) is 4.79 Å². The van der Waals surface area contributed by atoms with Crippen LogP contribution in [0.2, 0.25) is 18.1 Å². The maximum atomic E-state index is 12.2. The Balaban J connectivity index is 2.79. The molecule has 1 rings (SSSR count). The van der Waals surface area contributed by atoms with E-state index in [4.69, 9.17) is 9.16 Å². The number of rotatable bonds is 6. The van der Waals surface area contributed by atoms with Crippen LogP contribution < -0.4 is 5.32 Å². The van der Waals surface area contributed by atoms with Gasteiger partial charge in [-0.3, -0.25) is 0 Å². The van der Waals surface area contributed by atoms with Crippen LogP contribution >= 0.6 is 0 Å². The molecule has 1 aromatic rings. The summed E-state index contributed by atoms with van der Waals surface area (Å²) in [5.74, 6) is 0. The van der Waals surface area contributed by atoms with Gasteiger partial charge in [0.05, 0.1) is 12.6 Å². The minimum atomic E-state index is -1.87. The fourth-order valence-electron chi connectivity index (χ4n) is 2.05. The monoisotopic (exact) mass is 365 g/mol. The van der Waals surface area contributed by atoms with Gasteiger partial charge < -0.3 is 14.5 Å². The van der Waals surface area contributed by atoms with Gasteiger partial charge in [-0.25, -0.2) is 4.79 Å². The molecule has 1 amide bonds. The van der Waals surface area contributed by atoms with Crippen molar-refractivity contribution in [2.45, 2.75) is 77.7 Å². The summed E-state index contributed by atoms with van der Waals surface area (Å²) in [7, 11) is -1.87. The maximum absolute atomic E-state index is 12.2. The summed E-state index contributed by atoms with van der Waals surface area (Å²) in [4.78, 5) is 12.2. The molecule has 0 spiro atoms. The molecule has 1 N–H and O–H groups in total. The third kappa shape index (κ3) is 8.06. The van der Waals surface area contributed by atoms with Gasteiger partial charge in [0.15, 0.2) is 8.32 Å². The summed E-state index contributed by atoms with van der Waals surface area (Å²) in [6.07, 6.45) is 0.321. The highest BCUT2D eigenvalue weighted by atomic mass is 28.4. The number of benzene rings is 1. The highest BCUT2D eigenvalue weighted by Crippen LogP contribution is 2.36. The summed E-state index contributed by atoms with van der Waals surface area (Å²) >= 11 is 0. The zero-order chi connectivity index (χ0) is 19.3. The molecule has 25 heavy (non-hydrogen) atoms. The molecule has 1 aromatic carbocycles.